The molecule has 2 aliphatic heterocycles. The molecule has 8 unspecified atom stereocenters. The molecule has 6 heteroatoms. The van der Waals surface area contributed by atoms with Crippen LogP contribution in [0.3, 0.4) is 0 Å². The van der Waals surface area contributed by atoms with Gasteiger partial charge in [0.25, 0.3) is 0 Å². The minimum Gasteiger partial charge on any atom is -0.388 e. The van der Waals surface area contributed by atoms with Crippen LogP contribution in [-0.2, 0) is 4.74 Å². The Kier molecular flexibility index (Phi) is 4.82. The molecule has 5 nitrogen and oxygen atoms in total. The molecule has 0 amide bonds. The number of allylic oxidation sites excluding steroid dienone is 2. The molecule has 2 spiro atoms. The molecule has 36 heavy (non-hydrogen) atoms. The first-order valence-electron chi connectivity index (χ1n) is 13.3. The second-order valence-electron chi connectivity index (χ2n) is 12.3. The van der Waals surface area contributed by atoms with Crippen molar-refractivity contribution in [3.63, 3.8) is 0 Å². The van der Waals surface area contributed by atoms with Gasteiger partial charge in [-0.05, 0) is 86.2 Å². The summed E-state index contributed by atoms with van der Waals surface area (Å²) < 4.78 is 7.29. The predicted octanol–water partition coefficient (Wildman–Crippen LogP) is 4.70. The average molecular weight is 507 g/mol. The highest BCUT2D eigenvalue weighted by Gasteiger charge is 2.73. The molecule has 3 heterocycles. The van der Waals surface area contributed by atoms with E-state index in [1.165, 1.54) is 16.5 Å². The molecule has 2 saturated carbocycles. The van der Waals surface area contributed by atoms with E-state index < -0.39 is 28.3 Å². The summed E-state index contributed by atoms with van der Waals surface area (Å²) >= 11 is 7.57. The van der Waals surface area contributed by atoms with Crippen molar-refractivity contribution in [1.29, 1.82) is 0 Å². The highest BCUT2D eigenvalue weighted by molar-refractivity contribution is 6.26. The highest BCUT2D eigenvalue weighted by atomic mass is 35.5. The molecule has 1 aromatic heterocycles. The molecule has 8 atom stereocenters. The predicted molar refractivity (Wildman–Crippen MR) is 142 cm³/mol. The lowest BCUT2D eigenvalue weighted by Crippen LogP contribution is -2.68. The van der Waals surface area contributed by atoms with E-state index in [9.17, 15) is 10.2 Å². The molecule has 3 fully saturated rings. The first kappa shape index (κ1) is 23.4. The maximum atomic E-state index is 11.2. The number of aromatic nitrogens is 1. The summed E-state index contributed by atoms with van der Waals surface area (Å²) in [6, 6.07) is 8.48. The molecular formula is C30H35ClN2O3. The first-order chi connectivity index (χ1) is 17.1. The lowest BCUT2D eigenvalue weighted by Gasteiger charge is -2.61. The van der Waals surface area contributed by atoms with Crippen molar-refractivity contribution >= 4 is 27.9 Å². The normalized spacial score (nSPS) is 45.2. The van der Waals surface area contributed by atoms with Crippen LogP contribution in [0.4, 0.5) is 0 Å². The van der Waals surface area contributed by atoms with Gasteiger partial charge in [0.15, 0.2) is 0 Å². The van der Waals surface area contributed by atoms with Crippen LogP contribution in [0.1, 0.15) is 51.0 Å². The van der Waals surface area contributed by atoms with E-state index in [1.807, 2.05) is 31.4 Å². The van der Waals surface area contributed by atoms with E-state index in [1.54, 1.807) is 0 Å². The van der Waals surface area contributed by atoms with Crippen molar-refractivity contribution in [2.75, 3.05) is 14.1 Å². The summed E-state index contributed by atoms with van der Waals surface area (Å²) in [6.07, 6.45) is 11.7. The first-order valence-corrected chi connectivity index (χ1v) is 13.7. The van der Waals surface area contributed by atoms with Gasteiger partial charge in [0.05, 0.1) is 22.2 Å². The Labute approximate surface area is 217 Å². The molecule has 7 rings (SSSR count). The molecule has 1 saturated heterocycles. The summed E-state index contributed by atoms with van der Waals surface area (Å²) in [5.74, 6) is 0.252. The number of fused-ring (bicyclic) bond motifs is 2. The number of aliphatic hydroxyl groups is 2. The summed E-state index contributed by atoms with van der Waals surface area (Å²) in [4.78, 5) is 5.68. The molecule has 2 bridgehead atoms. The maximum absolute atomic E-state index is 11.2. The van der Waals surface area contributed by atoms with Crippen LogP contribution in [0, 0.1) is 11.3 Å². The Morgan fingerprint density at radius 1 is 1.11 bits per heavy atom. The molecule has 2 N–H and O–H groups in total. The van der Waals surface area contributed by atoms with Gasteiger partial charge < -0.3 is 19.8 Å². The van der Waals surface area contributed by atoms with Crippen LogP contribution in [0.5, 0.6) is 0 Å². The minimum absolute atomic E-state index is 0.0550. The standard InChI is InChI=1S/C30H35ClN2O3/c1-27-10-12-29(31)15-22-25(34)26(35)23(33(2)3)16-28(22)11-13-30(29,36-28)24(27)8-7-21(27)20-6-4-5-18-17-32-14-9-19(18)20/h4-7,9,14-15,17,23-26,34-35H,8,10-13,16H2,1-3H3. The van der Waals surface area contributed by atoms with Crippen LogP contribution < -0.4 is 0 Å². The number of hydrogen-bond acceptors (Lipinski definition) is 5. The van der Waals surface area contributed by atoms with E-state index in [-0.39, 0.29) is 17.4 Å². The van der Waals surface area contributed by atoms with Crippen LogP contribution in [0.2, 0.25) is 0 Å². The summed E-state index contributed by atoms with van der Waals surface area (Å²) in [5.41, 5.74) is 2.41. The topological polar surface area (TPSA) is 65.8 Å². The van der Waals surface area contributed by atoms with Crippen molar-refractivity contribution < 1.29 is 14.9 Å². The molecule has 190 valence electrons. The van der Waals surface area contributed by atoms with Crippen molar-refractivity contribution in [2.45, 2.75) is 79.8 Å². The minimum atomic E-state index is -0.951. The second kappa shape index (κ2) is 7.42. The fourth-order valence-electron chi connectivity index (χ4n) is 8.76. The zero-order valence-electron chi connectivity index (χ0n) is 21.2. The Morgan fingerprint density at radius 3 is 2.75 bits per heavy atom. The second-order valence-corrected chi connectivity index (χ2v) is 13.0. The number of alkyl halides is 1. The van der Waals surface area contributed by atoms with E-state index in [2.05, 4.69) is 48.3 Å². The number of likely N-dealkylation sites (N-methyl/N-ethyl adjacent to an activating group) is 1. The molecule has 5 aliphatic rings. The monoisotopic (exact) mass is 506 g/mol. The van der Waals surface area contributed by atoms with E-state index in [0.29, 0.717) is 6.42 Å². The SMILES string of the molecule is CN(C)C1CC23CCC4(O2)C2CC=C(c5cccc6cnccc56)C2(C)CCC4(Cl)C=C3C(O)C1O. The van der Waals surface area contributed by atoms with Crippen LogP contribution in [0.25, 0.3) is 16.3 Å². The fraction of sp³-hybridized carbons (Fsp3) is 0.567. The molecule has 1 aromatic carbocycles. The van der Waals surface area contributed by atoms with Gasteiger partial charge in [-0.1, -0.05) is 37.3 Å². The Balaban J connectivity index is 1.33. The smallest absolute Gasteiger partial charge is 0.105 e. The third-order valence-corrected chi connectivity index (χ3v) is 11.2. The number of aliphatic hydroxyl groups excluding tert-OH is 2. The zero-order chi connectivity index (χ0) is 25.1. The maximum Gasteiger partial charge on any atom is 0.105 e. The van der Waals surface area contributed by atoms with Gasteiger partial charge in [-0.2, -0.15) is 0 Å². The van der Waals surface area contributed by atoms with Crippen molar-refractivity contribution in [2.24, 2.45) is 11.3 Å². The summed E-state index contributed by atoms with van der Waals surface area (Å²) in [6.45, 7) is 2.41. The molecule has 3 aliphatic carbocycles. The number of nitrogens with zero attached hydrogens (tertiary/aromatic N) is 2. The van der Waals surface area contributed by atoms with Gasteiger partial charge in [-0.3, -0.25) is 4.98 Å². The Bertz CT molecular complexity index is 1320. The van der Waals surface area contributed by atoms with Crippen LogP contribution in [0.15, 0.2) is 54.4 Å². The number of ether oxygens (including phenoxy) is 1. The lowest BCUT2D eigenvalue weighted by molar-refractivity contribution is -0.199. The zero-order valence-corrected chi connectivity index (χ0v) is 22.0. The molecule has 2 aromatic rings. The third-order valence-electron chi connectivity index (χ3n) is 10.6. The molecular weight excluding hydrogens is 472 g/mol. The van der Waals surface area contributed by atoms with Gasteiger partial charge in [-0.25, -0.2) is 0 Å². The number of rotatable bonds is 2. The van der Waals surface area contributed by atoms with Crippen molar-refractivity contribution in [3.8, 4) is 0 Å². The third kappa shape index (κ3) is 2.74. The van der Waals surface area contributed by atoms with Gasteiger partial charge in [-0.15, -0.1) is 11.6 Å². The Hall–Kier alpha value is -1.76. The van der Waals surface area contributed by atoms with Gasteiger partial charge in [0, 0.05) is 29.7 Å². The Morgan fingerprint density at radius 2 is 1.94 bits per heavy atom. The molecule has 0 radical (unpaired) electrons. The van der Waals surface area contributed by atoms with Crippen LogP contribution >= 0.6 is 11.6 Å². The van der Waals surface area contributed by atoms with Gasteiger partial charge >= 0.3 is 0 Å². The van der Waals surface area contributed by atoms with Crippen LogP contribution in [-0.4, -0.2) is 68.5 Å². The number of hydrogen-bond donors (Lipinski definition) is 2. The number of halogens is 1. The fourth-order valence-corrected chi connectivity index (χ4v) is 9.23. The van der Waals surface area contributed by atoms with Crippen molar-refractivity contribution in [3.05, 3.63) is 59.9 Å². The largest absolute Gasteiger partial charge is 0.388 e. The van der Waals surface area contributed by atoms with Crippen molar-refractivity contribution in [1.82, 2.24) is 9.88 Å². The summed E-state index contributed by atoms with van der Waals surface area (Å²) in [5, 5.41) is 24.6. The average Bonchev–Trinajstić information content (AvgIpc) is 3.39. The lowest BCUT2D eigenvalue weighted by atomic mass is 9.54. The van der Waals surface area contributed by atoms with Gasteiger partial charge in [0.1, 0.15) is 6.10 Å². The highest BCUT2D eigenvalue weighted by Crippen LogP contribution is 2.72. The van der Waals surface area contributed by atoms with E-state index in [4.69, 9.17) is 16.3 Å². The quantitative estimate of drug-likeness (QED) is 0.456. The van der Waals surface area contributed by atoms with E-state index >= 15 is 0 Å². The van der Waals surface area contributed by atoms with E-state index in [0.717, 1.165) is 43.1 Å². The number of benzene rings is 1. The summed E-state index contributed by atoms with van der Waals surface area (Å²) in [7, 11) is 3.94. The number of pyridine rings is 1. The van der Waals surface area contributed by atoms with Gasteiger partial charge in [0.2, 0.25) is 0 Å².